The van der Waals surface area contributed by atoms with E-state index in [1.54, 1.807) is 37.4 Å². The molecule has 25 heavy (non-hydrogen) atoms. The van der Waals surface area contributed by atoms with Crippen molar-refractivity contribution in [1.82, 2.24) is 10.6 Å². The molecule has 134 valence electrons. The van der Waals surface area contributed by atoms with Crippen LogP contribution in [0.4, 0.5) is 0 Å². The number of amides is 2. The zero-order valence-corrected chi connectivity index (χ0v) is 14.5. The van der Waals surface area contributed by atoms with Gasteiger partial charge < -0.3 is 20.2 Å². The summed E-state index contributed by atoms with van der Waals surface area (Å²) in [6, 6.07) is 10.5. The average molecular weight is 344 g/mol. The monoisotopic (exact) mass is 344 g/mol. The number of rotatable bonds is 8. The summed E-state index contributed by atoms with van der Waals surface area (Å²) in [4.78, 5) is 23.7. The van der Waals surface area contributed by atoms with Crippen LogP contribution in [-0.2, 0) is 11.2 Å². The van der Waals surface area contributed by atoms with Crippen LogP contribution < -0.4 is 10.6 Å². The van der Waals surface area contributed by atoms with Crippen molar-refractivity contribution in [2.45, 2.75) is 38.3 Å². The zero-order valence-electron chi connectivity index (χ0n) is 14.5. The van der Waals surface area contributed by atoms with Crippen LogP contribution in [0.1, 0.15) is 47.6 Å². The Bertz CT molecular complexity index is 697. The van der Waals surface area contributed by atoms with Crippen LogP contribution in [0.2, 0.25) is 0 Å². The van der Waals surface area contributed by atoms with Crippen LogP contribution in [0.5, 0.6) is 0 Å². The Balaban J connectivity index is 1.79. The van der Waals surface area contributed by atoms with E-state index in [9.17, 15) is 14.7 Å². The smallest absolute Gasteiger partial charge is 0.251 e. The van der Waals surface area contributed by atoms with Gasteiger partial charge in [0.2, 0.25) is 5.91 Å². The van der Waals surface area contributed by atoms with Gasteiger partial charge in [-0.25, -0.2) is 0 Å². The van der Waals surface area contributed by atoms with E-state index >= 15 is 0 Å². The lowest BCUT2D eigenvalue weighted by Gasteiger charge is -2.16. The van der Waals surface area contributed by atoms with Crippen LogP contribution in [0, 0.1) is 0 Å². The van der Waals surface area contributed by atoms with Crippen LogP contribution in [0.15, 0.2) is 47.1 Å². The number of aliphatic hydroxyl groups excluding tert-OH is 1. The third-order valence-corrected chi connectivity index (χ3v) is 3.91. The number of nitrogens with one attached hydrogen (secondary N) is 2. The highest BCUT2D eigenvalue weighted by Crippen LogP contribution is 2.18. The third kappa shape index (κ3) is 5.76. The molecule has 1 aromatic carbocycles. The van der Waals surface area contributed by atoms with E-state index in [1.807, 2.05) is 13.0 Å². The molecule has 3 N–H and O–H groups in total. The van der Waals surface area contributed by atoms with Crippen LogP contribution in [0.3, 0.4) is 0 Å². The number of aryl methyl sites for hydroxylation is 1. The highest BCUT2D eigenvalue weighted by molar-refractivity contribution is 5.94. The molecule has 0 fully saturated rings. The molecule has 2 rings (SSSR count). The van der Waals surface area contributed by atoms with Gasteiger partial charge in [0.15, 0.2) is 0 Å². The summed E-state index contributed by atoms with van der Waals surface area (Å²) in [6.07, 6.45) is 2.01. The molecule has 0 saturated heterocycles. The van der Waals surface area contributed by atoms with Gasteiger partial charge in [0.25, 0.3) is 5.91 Å². The number of hydrogen-bond acceptors (Lipinski definition) is 4. The lowest BCUT2D eigenvalue weighted by atomic mass is 10.0. The van der Waals surface area contributed by atoms with Crippen molar-refractivity contribution in [3.63, 3.8) is 0 Å². The molecule has 1 aromatic heterocycles. The summed E-state index contributed by atoms with van der Waals surface area (Å²) >= 11 is 0. The molecule has 0 saturated carbocycles. The molecule has 1 heterocycles. The molecule has 2 aromatic rings. The van der Waals surface area contributed by atoms with Gasteiger partial charge in [-0.3, -0.25) is 9.59 Å². The molecule has 2 atom stereocenters. The lowest BCUT2D eigenvalue weighted by Crippen LogP contribution is -2.33. The summed E-state index contributed by atoms with van der Waals surface area (Å²) in [6.45, 7) is 1.84. The van der Waals surface area contributed by atoms with E-state index in [0.29, 0.717) is 30.6 Å². The minimum absolute atomic E-state index is 0.0931. The minimum Gasteiger partial charge on any atom is -0.467 e. The van der Waals surface area contributed by atoms with E-state index in [4.69, 9.17) is 4.42 Å². The molecule has 0 spiro atoms. The molecule has 2 unspecified atom stereocenters. The maximum Gasteiger partial charge on any atom is 0.251 e. The normalized spacial score (nSPS) is 13.1. The van der Waals surface area contributed by atoms with Gasteiger partial charge in [-0.2, -0.15) is 0 Å². The first-order valence-corrected chi connectivity index (χ1v) is 8.31. The second-order valence-corrected chi connectivity index (χ2v) is 6.01. The van der Waals surface area contributed by atoms with Crippen molar-refractivity contribution in [3.8, 4) is 0 Å². The summed E-state index contributed by atoms with van der Waals surface area (Å²) in [5.74, 6) is 0.253. The van der Waals surface area contributed by atoms with Crippen molar-refractivity contribution >= 4 is 11.8 Å². The first-order valence-electron chi connectivity index (χ1n) is 8.31. The Hall–Kier alpha value is -2.60. The molecule has 0 aliphatic rings. The standard InChI is InChI=1S/C19H24N2O4/c1-13(11-16(22)17-7-4-10-25-17)21-18(23)9-8-14-5-3-6-15(12-14)19(24)20-2/h3-7,10,12-13,16,22H,8-9,11H2,1-2H3,(H,20,24)(H,21,23). The second-order valence-electron chi connectivity index (χ2n) is 6.01. The Kier molecular flexibility index (Phi) is 6.77. The predicted octanol–water partition coefficient (Wildman–Crippen LogP) is 2.20. The van der Waals surface area contributed by atoms with Gasteiger partial charge in [-0.1, -0.05) is 12.1 Å². The summed E-state index contributed by atoms with van der Waals surface area (Å²) in [5.41, 5.74) is 1.51. The van der Waals surface area contributed by atoms with E-state index in [0.717, 1.165) is 5.56 Å². The number of benzene rings is 1. The maximum absolute atomic E-state index is 12.1. The largest absolute Gasteiger partial charge is 0.467 e. The van der Waals surface area contributed by atoms with Crippen LogP contribution in [0.25, 0.3) is 0 Å². The fraction of sp³-hybridized carbons (Fsp3) is 0.368. The zero-order chi connectivity index (χ0) is 18.2. The first kappa shape index (κ1) is 18.7. The van der Waals surface area contributed by atoms with Crippen molar-refractivity contribution in [2.75, 3.05) is 7.05 Å². The van der Waals surface area contributed by atoms with Gasteiger partial charge in [0.1, 0.15) is 11.9 Å². The molecule has 6 nitrogen and oxygen atoms in total. The maximum atomic E-state index is 12.1. The van der Waals surface area contributed by atoms with Crippen molar-refractivity contribution in [3.05, 3.63) is 59.5 Å². The van der Waals surface area contributed by atoms with Crippen LogP contribution in [-0.4, -0.2) is 30.0 Å². The summed E-state index contributed by atoms with van der Waals surface area (Å²) < 4.78 is 5.15. The van der Waals surface area contributed by atoms with E-state index in [-0.39, 0.29) is 17.9 Å². The van der Waals surface area contributed by atoms with Gasteiger partial charge in [0.05, 0.1) is 6.26 Å². The number of hydrogen-bond donors (Lipinski definition) is 3. The van der Waals surface area contributed by atoms with Crippen molar-refractivity contribution in [1.29, 1.82) is 0 Å². The van der Waals surface area contributed by atoms with Crippen molar-refractivity contribution in [2.24, 2.45) is 0 Å². The molecule has 0 radical (unpaired) electrons. The Morgan fingerprint density at radius 3 is 2.72 bits per heavy atom. The fourth-order valence-corrected chi connectivity index (χ4v) is 2.61. The molecule has 0 bridgehead atoms. The quantitative estimate of drug-likeness (QED) is 0.684. The minimum atomic E-state index is -0.741. The van der Waals surface area contributed by atoms with E-state index in [2.05, 4.69) is 10.6 Å². The van der Waals surface area contributed by atoms with E-state index < -0.39 is 6.10 Å². The Labute approximate surface area is 147 Å². The predicted molar refractivity (Wildman–Crippen MR) is 94.0 cm³/mol. The van der Waals surface area contributed by atoms with Gasteiger partial charge in [0, 0.05) is 31.5 Å². The Morgan fingerprint density at radius 1 is 1.24 bits per heavy atom. The lowest BCUT2D eigenvalue weighted by molar-refractivity contribution is -0.121. The van der Waals surface area contributed by atoms with Crippen molar-refractivity contribution < 1.29 is 19.1 Å². The third-order valence-electron chi connectivity index (χ3n) is 3.91. The van der Waals surface area contributed by atoms with Gasteiger partial charge in [-0.15, -0.1) is 0 Å². The van der Waals surface area contributed by atoms with E-state index in [1.165, 1.54) is 6.26 Å². The second kappa shape index (κ2) is 9.03. The molecule has 2 amide bonds. The average Bonchev–Trinajstić information content (AvgIpc) is 3.14. The van der Waals surface area contributed by atoms with Crippen LogP contribution >= 0.6 is 0 Å². The molecular weight excluding hydrogens is 320 g/mol. The topological polar surface area (TPSA) is 91.6 Å². The molecule has 0 aliphatic carbocycles. The molecule has 0 aliphatic heterocycles. The fourth-order valence-electron chi connectivity index (χ4n) is 2.61. The number of aliphatic hydroxyl groups is 1. The SMILES string of the molecule is CNC(=O)c1cccc(CCC(=O)NC(C)CC(O)c2ccco2)c1. The number of furan rings is 1. The first-order chi connectivity index (χ1) is 12.0. The Morgan fingerprint density at radius 2 is 2.04 bits per heavy atom. The highest BCUT2D eigenvalue weighted by Gasteiger charge is 2.16. The van der Waals surface area contributed by atoms with Gasteiger partial charge in [-0.05, 0) is 43.2 Å². The number of carbonyl (C=O) groups is 2. The number of carbonyl (C=O) groups excluding carboxylic acids is 2. The van der Waals surface area contributed by atoms with Gasteiger partial charge >= 0.3 is 0 Å². The highest BCUT2D eigenvalue weighted by atomic mass is 16.4. The molecule has 6 heteroatoms. The summed E-state index contributed by atoms with van der Waals surface area (Å²) in [7, 11) is 1.58. The summed E-state index contributed by atoms with van der Waals surface area (Å²) in [5, 5.41) is 15.5. The molecular formula is C19H24N2O4.